The quantitative estimate of drug-likeness (QED) is 0.200. The molecule has 0 amide bonds. The number of fused-ring (bicyclic) bond motifs is 2. The van der Waals surface area contributed by atoms with Crippen LogP contribution in [0.2, 0.25) is 0 Å². The van der Waals surface area contributed by atoms with E-state index in [1.807, 2.05) is 18.2 Å². The van der Waals surface area contributed by atoms with Crippen LogP contribution in [0.3, 0.4) is 0 Å². The molecule has 0 aliphatic rings. The smallest absolute Gasteiger partial charge is 0.135 e. The summed E-state index contributed by atoms with van der Waals surface area (Å²) in [4.78, 5) is 2.31. The molecule has 0 aliphatic carbocycles. The highest BCUT2D eigenvalue weighted by Gasteiger charge is 2.16. The first-order chi connectivity index (χ1) is 21.8. The zero-order valence-corrected chi connectivity index (χ0v) is 24.1. The highest BCUT2D eigenvalue weighted by atomic mass is 16.3. The Morgan fingerprint density at radius 2 is 0.955 bits per heavy atom. The number of hydrogen-bond donors (Lipinski definition) is 0. The van der Waals surface area contributed by atoms with E-state index in [4.69, 9.17) is 4.42 Å². The topological polar surface area (TPSA) is 16.4 Å². The van der Waals surface area contributed by atoms with Gasteiger partial charge in [-0.3, -0.25) is 0 Å². The molecule has 2 heteroatoms. The Kier molecular flexibility index (Phi) is 6.51. The van der Waals surface area contributed by atoms with Crippen molar-refractivity contribution in [1.82, 2.24) is 0 Å². The SMILES string of the molecule is c1ccc(-c2ccc(N(c3ccc(-c4cccc5ccccc45)cc3)c3cccc(-c4cc5ccccc5o4)c3)cc2)cc1. The summed E-state index contributed by atoms with van der Waals surface area (Å²) in [5, 5.41) is 3.61. The van der Waals surface area contributed by atoms with Gasteiger partial charge in [0.2, 0.25) is 0 Å². The van der Waals surface area contributed by atoms with Crippen LogP contribution in [-0.4, -0.2) is 0 Å². The summed E-state index contributed by atoms with van der Waals surface area (Å²) in [6, 6.07) is 62.1. The number of rotatable bonds is 6. The van der Waals surface area contributed by atoms with Crippen molar-refractivity contribution >= 4 is 38.8 Å². The van der Waals surface area contributed by atoms with Crippen LogP contribution in [0.4, 0.5) is 17.1 Å². The van der Waals surface area contributed by atoms with Gasteiger partial charge in [0, 0.05) is 28.0 Å². The lowest BCUT2D eigenvalue weighted by Crippen LogP contribution is -2.10. The Morgan fingerprint density at radius 3 is 1.73 bits per heavy atom. The van der Waals surface area contributed by atoms with Crippen LogP contribution in [0, 0.1) is 0 Å². The molecule has 0 spiro atoms. The largest absolute Gasteiger partial charge is 0.456 e. The van der Waals surface area contributed by atoms with Crippen molar-refractivity contribution in [3.05, 3.63) is 176 Å². The van der Waals surface area contributed by atoms with Gasteiger partial charge >= 0.3 is 0 Å². The van der Waals surface area contributed by atoms with Gasteiger partial charge < -0.3 is 9.32 Å². The standard InChI is InChI=1S/C42H29NO/c1-2-10-30(11-3-1)31-20-24-36(25-21-31)43(38-16-8-15-34(28-38)42-29-35-13-5-7-19-41(35)44-42)37-26-22-33(23-27-37)40-18-9-14-32-12-4-6-17-39(32)40/h1-29H. The fraction of sp³-hybridized carbons (Fsp3) is 0. The van der Waals surface area contributed by atoms with Crippen LogP contribution in [-0.2, 0) is 0 Å². The number of nitrogens with zero attached hydrogens (tertiary/aromatic N) is 1. The van der Waals surface area contributed by atoms with Gasteiger partial charge in [0.15, 0.2) is 0 Å². The van der Waals surface area contributed by atoms with Crippen molar-refractivity contribution in [2.24, 2.45) is 0 Å². The predicted octanol–water partition coefficient (Wildman–Crippen LogP) is 12.1. The average Bonchev–Trinajstić information content (AvgIpc) is 3.54. The van der Waals surface area contributed by atoms with Gasteiger partial charge in [-0.15, -0.1) is 0 Å². The van der Waals surface area contributed by atoms with Crippen LogP contribution in [0.5, 0.6) is 0 Å². The van der Waals surface area contributed by atoms with Crippen molar-refractivity contribution in [2.75, 3.05) is 4.90 Å². The van der Waals surface area contributed by atoms with Crippen molar-refractivity contribution < 1.29 is 4.42 Å². The van der Waals surface area contributed by atoms with E-state index < -0.39 is 0 Å². The van der Waals surface area contributed by atoms with Crippen molar-refractivity contribution in [3.8, 4) is 33.6 Å². The van der Waals surface area contributed by atoms with E-state index in [1.54, 1.807) is 0 Å². The maximum Gasteiger partial charge on any atom is 0.135 e. The molecular weight excluding hydrogens is 534 g/mol. The molecule has 0 unspecified atom stereocenters. The van der Waals surface area contributed by atoms with Gasteiger partial charge in [0.05, 0.1) is 0 Å². The molecule has 1 aromatic heterocycles. The van der Waals surface area contributed by atoms with Gasteiger partial charge in [-0.2, -0.15) is 0 Å². The number of furan rings is 1. The highest BCUT2D eigenvalue weighted by molar-refractivity contribution is 5.97. The van der Waals surface area contributed by atoms with E-state index in [9.17, 15) is 0 Å². The van der Waals surface area contributed by atoms with E-state index in [-0.39, 0.29) is 0 Å². The minimum absolute atomic E-state index is 0.860. The predicted molar refractivity (Wildman–Crippen MR) is 185 cm³/mol. The molecule has 0 saturated heterocycles. The van der Waals surface area contributed by atoms with E-state index >= 15 is 0 Å². The van der Waals surface area contributed by atoms with Gasteiger partial charge in [0.1, 0.15) is 11.3 Å². The zero-order valence-electron chi connectivity index (χ0n) is 24.1. The van der Waals surface area contributed by atoms with Crippen molar-refractivity contribution in [1.29, 1.82) is 0 Å². The molecule has 8 aromatic rings. The van der Waals surface area contributed by atoms with Gasteiger partial charge in [0.25, 0.3) is 0 Å². The second-order valence-electron chi connectivity index (χ2n) is 11.0. The number of anilines is 3. The van der Waals surface area contributed by atoms with Crippen LogP contribution >= 0.6 is 0 Å². The summed E-state index contributed by atoms with van der Waals surface area (Å²) in [7, 11) is 0. The molecule has 208 valence electrons. The third kappa shape index (κ3) is 4.83. The molecule has 0 bridgehead atoms. The highest BCUT2D eigenvalue weighted by Crippen LogP contribution is 2.39. The molecule has 0 saturated carbocycles. The summed E-state index contributed by atoms with van der Waals surface area (Å²) in [5.41, 5.74) is 10.00. The molecule has 1 heterocycles. The van der Waals surface area contributed by atoms with Gasteiger partial charge in [-0.25, -0.2) is 0 Å². The van der Waals surface area contributed by atoms with Crippen LogP contribution < -0.4 is 4.90 Å². The molecule has 44 heavy (non-hydrogen) atoms. The fourth-order valence-corrected chi connectivity index (χ4v) is 6.07. The number of benzene rings is 7. The molecule has 0 radical (unpaired) electrons. The fourth-order valence-electron chi connectivity index (χ4n) is 6.07. The summed E-state index contributed by atoms with van der Waals surface area (Å²) >= 11 is 0. The molecule has 7 aromatic carbocycles. The van der Waals surface area contributed by atoms with Crippen molar-refractivity contribution in [3.63, 3.8) is 0 Å². The Balaban J connectivity index is 1.22. The molecule has 8 rings (SSSR count). The number of para-hydroxylation sites is 1. The number of hydrogen-bond acceptors (Lipinski definition) is 2. The van der Waals surface area contributed by atoms with E-state index in [2.05, 4.69) is 163 Å². The zero-order chi connectivity index (χ0) is 29.3. The van der Waals surface area contributed by atoms with E-state index in [1.165, 1.54) is 33.0 Å². The normalized spacial score (nSPS) is 11.2. The summed E-state index contributed by atoms with van der Waals surface area (Å²) in [6.07, 6.45) is 0. The molecule has 0 fully saturated rings. The Bertz CT molecular complexity index is 2170. The van der Waals surface area contributed by atoms with E-state index in [0.29, 0.717) is 0 Å². The Morgan fingerprint density at radius 1 is 0.364 bits per heavy atom. The molecule has 0 atom stereocenters. The lowest BCUT2D eigenvalue weighted by molar-refractivity contribution is 0.631. The summed E-state index contributed by atoms with van der Waals surface area (Å²) < 4.78 is 6.25. The lowest BCUT2D eigenvalue weighted by Gasteiger charge is -2.26. The second-order valence-corrected chi connectivity index (χ2v) is 11.0. The first-order valence-corrected chi connectivity index (χ1v) is 14.9. The average molecular weight is 564 g/mol. The maximum absolute atomic E-state index is 6.25. The second kappa shape index (κ2) is 11.1. The minimum Gasteiger partial charge on any atom is -0.456 e. The first-order valence-electron chi connectivity index (χ1n) is 14.9. The van der Waals surface area contributed by atoms with Crippen LogP contribution in [0.25, 0.3) is 55.3 Å². The lowest BCUT2D eigenvalue weighted by atomic mass is 9.98. The van der Waals surface area contributed by atoms with Crippen LogP contribution in [0.1, 0.15) is 0 Å². The molecule has 2 nitrogen and oxygen atoms in total. The summed E-state index contributed by atoms with van der Waals surface area (Å²) in [5.74, 6) is 0.860. The molecule has 0 aliphatic heterocycles. The van der Waals surface area contributed by atoms with Crippen molar-refractivity contribution in [2.45, 2.75) is 0 Å². The molecule has 0 N–H and O–H groups in total. The minimum atomic E-state index is 0.860. The third-order valence-electron chi connectivity index (χ3n) is 8.27. The molecular formula is C42H29NO. The Labute approximate surface area is 257 Å². The first kappa shape index (κ1) is 25.8. The third-order valence-corrected chi connectivity index (χ3v) is 8.27. The van der Waals surface area contributed by atoms with Gasteiger partial charge in [-0.05, 0) is 81.6 Å². The monoisotopic (exact) mass is 563 g/mol. The van der Waals surface area contributed by atoms with E-state index in [0.717, 1.165) is 39.4 Å². The van der Waals surface area contributed by atoms with Gasteiger partial charge in [-0.1, -0.05) is 127 Å². The Hall–Kier alpha value is -5.86. The maximum atomic E-state index is 6.25. The van der Waals surface area contributed by atoms with Crippen LogP contribution in [0.15, 0.2) is 180 Å². The summed E-state index contributed by atoms with van der Waals surface area (Å²) in [6.45, 7) is 0.